The Labute approximate surface area is 167 Å². The normalized spacial score (nSPS) is 17.0. The number of H-pyrrole nitrogens is 1. The van der Waals surface area contributed by atoms with Crippen LogP contribution in [-0.4, -0.2) is 21.8 Å². The topological polar surface area (TPSA) is 73.4 Å². The first-order valence-electron chi connectivity index (χ1n) is 9.06. The van der Waals surface area contributed by atoms with Crippen molar-refractivity contribution in [3.05, 3.63) is 76.1 Å². The molecule has 3 aromatic rings. The van der Waals surface area contributed by atoms with Crippen LogP contribution in [0.15, 0.2) is 59.9 Å². The molecule has 0 radical (unpaired) electrons. The van der Waals surface area contributed by atoms with Gasteiger partial charge in [-0.05, 0) is 37.3 Å². The number of aromatic amines is 1. The highest BCUT2D eigenvalue weighted by Crippen LogP contribution is 2.44. The zero-order chi connectivity index (χ0) is 20.0. The highest BCUT2D eigenvalue weighted by atomic mass is 35.5. The molecule has 0 aliphatic carbocycles. The van der Waals surface area contributed by atoms with Gasteiger partial charge in [0.15, 0.2) is 11.5 Å². The van der Waals surface area contributed by atoms with E-state index in [0.29, 0.717) is 10.7 Å². The van der Waals surface area contributed by atoms with Crippen LogP contribution in [-0.2, 0) is 9.59 Å². The first-order valence-corrected chi connectivity index (χ1v) is 9.44. The molecular weight excluding hydrogens is 376 g/mol. The molecule has 0 bridgehead atoms. The van der Waals surface area contributed by atoms with Crippen LogP contribution in [0.5, 0.6) is 0 Å². The minimum atomic E-state index is -0.711. The van der Waals surface area contributed by atoms with Crippen molar-refractivity contribution in [2.45, 2.75) is 26.3 Å². The van der Waals surface area contributed by atoms with Crippen LogP contribution in [0.4, 0.5) is 5.69 Å². The fourth-order valence-electron chi connectivity index (χ4n) is 3.87. The van der Waals surface area contributed by atoms with E-state index in [9.17, 15) is 14.7 Å². The summed E-state index contributed by atoms with van der Waals surface area (Å²) in [6.07, 6.45) is 0.193. The number of aliphatic hydroxyl groups is 1. The van der Waals surface area contributed by atoms with Crippen LogP contribution in [0.25, 0.3) is 10.9 Å². The number of aromatic nitrogens is 1. The number of hydrogen-bond acceptors (Lipinski definition) is 3. The molecule has 1 aliphatic heterocycles. The second kappa shape index (κ2) is 6.84. The van der Waals surface area contributed by atoms with E-state index in [4.69, 9.17) is 11.6 Å². The van der Waals surface area contributed by atoms with Crippen LogP contribution < -0.4 is 4.90 Å². The summed E-state index contributed by atoms with van der Waals surface area (Å²) in [4.78, 5) is 30.5. The van der Waals surface area contributed by atoms with Crippen molar-refractivity contribution < 1.29 is 14.7 Å². The number of carbonyl (C=O) groups is 2. The van der Waals surface area contributed by atoms with Crippen LogP contribution in [0.1, 0.15) is 30.6 Å². The highest BCUT2D eigenvalue weighted by molar-refractivity contribution is 6.30. The largest absolute Gasteiger partial charge is 0.503 e. The van der Waals surface area contributed by atoms with Crippen molar-refractivity contribution in [2.75, 3.05) is 4.90 Å². The molecule has 1 aliphatic rings. The van der Waals surface area contributed by atoms with Crippen LogP contribution in [0.2, 0.25) is 5.02 Å². The van der Waals surface area contributed by atoms with Gasteiger partial charge in [0.2, 0.25) is 0 Å². The molecule has 1 aromatic heterocycles. The lowest BCUT2D eigenvalue weighted by molar-refractivity contribution is -0.118. The molecule has 6 heteroatoms. The maximum absolute atomic E-state index is 13.0. The van der Waals surface area contributed by atoms with Gasteiger partial charge in [-0.2, -0.15) is 0 Å². The molecule has 142 valence electrons. The fraction of sp³-hybridized carbons (Fsp3) is 0.182. The van der Waals surface area contributed by atoms with Crippen LogP contribution in [0, 0.1) is 6.92 Å². The average molecular weight is 395 g/mol. The number of carbonyl (C=O) groups excluding carboxylic acids is 2. The van der Waals surface area contributed by atoms with Gasteiger partial charge >= 0.3 is 0 Å². The quantitative estimate of drug-likeness (QED) is 0.653. The average Bonchev–Trinajstić information content (AvgIpc) is 3.15. The Hall–Kier alpha value is -3.05. The summed E-state index contributed by atoms with van der Waals surface area (Å²) in [7, 11) is 0. The lowest BCUT2D eigenvalue weighted by atomic mass is 9.92. The zero-order valence-corrected chi connectivity index (χ0v) is 16.2. The Morgan fingerprint density at radius 3 is 2.54 bits per heavy atom. The van der Waals surface area contributed by atoms with Crippen molar-refractivity contribution in [3.63, 3.8) is 0 Å². The second-order valence-corrected chi connectivity index (χ2v) is 7.24. The van der Waals surface area contributed by atoms with E-state index in [1.165, 1.54) is 4.90 Å². The predicted octanol–water partition coefficient (Wildman–Crippen LogP) is 5.01. The van der Waals surface area contributed by atoms with E-state index < -0.39 is 17.7 Å². The van der Waals surface area contributed by atoms with Crippen molar-refractivity contribution in [2.24, 2.45) is 0 Å². The Kier molecular flexibility index (Phi) is 4.47. The summed E-state index contributed by atoms with van der Waals surface area (Å²) in [6.45, 7) is 3.63. The molecule has 1 unspecified atom stereocenters. The number of benzene rings is 2. The molecule has 5 nitrogen and oxygen atoms in total. The molecule has 0 fully saturated rings. The molecule has 2 aromatic carbocycles. The van der Waals surface area contributed by atoms with Gasteiger partial charge in [-0.25, -0.2) is 0 Å². The molecule has 2 N–H and O–H groups in total. The number of para-hydroxylation sites is 1. The third-order valence-corrected chi connectivity index (χ3v) is 5.40. The van der Waals surface area contributed by atoms with E-state index in [0.717, 1.165) is 22.2 Å². The number of anilines is 1. The van der Waals surface area contributed by atoms with E-state index in [-0.39, 0.29) is 17.8 Å². The lowest BCUT2D eigenvalue weighted by Gasteiger charge is -2.27. The zero-order valence-electron chi connectivity index (χ0n) is 15.5. The minimum Gasteiger partial charge on any atom is -0.503 e. The van der Waals surface area contributed by atoms with Gasteiger partial charge in [0, 0.05) is 39.3 Å². The molecule has 0 saturated heterocycles. The number of nitrogens with one attached hydrogen (secondary N) is 1. The smallest absolute Gasteiger partial charge is 0.294 e. The third kappa shape index (κ3) is 2.70. The maximum Gasteiger partial charge on any atom is 0.294 e. The standard InChI is InChI=1S/C22H19ClN2O3/c1-3-17(26)19-20(18-12(2)24-16-7-5-4-6-15(16)18)25(22(28)21(19)27)14-10-8-13(23)9-11-14/h4-11,20,24,27H,3H2,1-2H3. The minimum absolute atomic E-state index is 0.135. The van der Waals surface area contributed by atoms with Gasteiger partial charge in [-0.1, -0.05) is 36.7 Å². The van der Waals surface area contributed by atoms with E-state index >= 15 is 0 Å². The van der Waals surface area contributed by atoms with Gasteiger partial charge in [-0.3, -0.25) is 14.5 Å². The highest BCUT2D eigenvalue weighted by Gasteiger charge is 2.45. The van der Waals surface area contributed by atoms with Gasteiger partial charge < -0.3 is 10.1 Å². The fourth-order valence-corrected chi connectivity index (χ4v) is 4.00. The number of aliphatic hydroxyl groups excluding tert-OH is 1. The summed E-state index contributed by atoms with van der Waals surface area (Å²) in [6, 6.07) is 13.8. The van der Waals surface area contributed by atoms with Crippen molar-refractivity contribution in [1.29, 1.82) is 0 Å². The molecule has 0 spiro atoms. The Morgan fingerprint density at radius 2 is 1.86 bits per heavy atom. The molecular formula is C22H19ClN2O3. The SMILES string of the molecule is CCC(=O)C1=C(O)C(=O)N(c2ccc(Cl)cc2)C1c1c(C)[nH]c2ccccc12. The van der Waals surface area contributed by atoms with Crippen LogP contribution >= 0.6 is 11.6 Å². The number of nitrogens with zero attached hydrogens (tertiary/aromatic N) is 1. The lowest BCUT2D eigenvalue weighted by Crippen LogP contribution is -2.31. The summed E-state index contributed by atoms with van der Waals surface area (Å²) in [5.74, 6) is -1.33. The van der Waals surface area contributed by atoms with Crippen molar-refractivity contribution in [3.8, 4) is 0 Å². The Bertz CT molecular complexity index is 1130. The van der Waals surface area contributed by atoms with Gasteiger partial charge in [0.1, 0.15) is 0 Å². The number of Topliss-reactive ketones (excluding diaryl/α,β-unsaturated/α-hetero) is 1. The molecule has 28 heavy (non-hydrogen) atoms. The van der Waals surface area contributed by atoms with E-state index in [2.05, 4.69) is 4.98 Å². The first-order chi connectivity index (χ1) is 13.4. The number of hydrogen-bond donors (Lipinski definition) is 2. The van der Waals surface area contributed by atoms with Crippen LogP contribution in [0.3, 0.4) is 0 Å². The van der Waals surface area contributed by atoms with Gasteiger partial charge in [0.25, 0.3) is 5.91 Å². The molecule has 4 rings (SSSR count). The monoisotopic (exact) mass is 394 g/mol. The molecule has 1 amide bonds. The number of rotatable bonds is 4. The number of amides is 1. The summed E-state index contributed by atoms with van der Waals surface area (Å²) in [5.41, 5.74) is 3.26. The third-order valence-electron chi connectivity index (χ3n) is 5.15. The number of fused-ring (bicyclic) bond motifs is 1. The van der Waals surface area contributed by atoms with E-state index in [1.807, 2.05) is 31.2 Å². The van der Waals surface area contributed by atoms with E-state index in [1.54, 1.807) is 31.2 Å². The summed E-state index contributed by atoms with van der Waals surface area (Å²) in [5, 5.41) is 12.1. The number of halogens is 1. The molecule has 0 saturated carbocycles. The number of ketones is 1. The molecule has 2 heterocycles. The maximum atomic E-state index is 13.0. The predicted molar refractivity (Wildman–Crippen MR) is 110 cm³/mol. The summed E-state index contributed by atoms with van der Waals surface area (Å²) >= 11 is 6.00. The van der Waals surface area contributed by atoms with Crippen molar-refractivity contribution >= 4 is 39.9 Å². The number of aryl methyl sites for hydroxylation is 1. The molecule has 1 atom stereocenters. The van der Waals surface area contributed by atoms with Gasteiger partial charge in [0.05, 0.1) is 11.6 Å². The van der Waals surface area contributed by atoms with Crippen molar-refractivity contribution in [1.82, 2.24) is 4.98 Å². The Balaban J connectivity index is 1.99. The van der Waals surface area contributed by atoms with Gasteiger partial charge in [-0.15, -0.1) is 0 Å². The first kappa shape index (κ1) is 18.3. The summed E-state index contributed by atoms with van der Waals surface area (Å²) < 4.78 is 0. The Morgan fingerprint density at radius 1 is 1.18 bits per heavy atom. The second-order valence-electron chi connectivity index (χ2n) is 6.80.